The monoisotopic (exact) mass is 323 g/mol. The molecule has 22 heavy (non-hydrogen) atoms. The van der Waals surface area contributed by atoms with Crippen LogP contribution in [-0.4, -0.2) is 27.5 Å². The molecule has 0 saturated carbocycles. The first-order valence-electron chi connectivity index (χ1n) is 6.67. The Morgan fingerprint density at radius 3 is 2.59 bits per heavy atom. The molecule has 1 N–H and O–H groups in total. The number of nitrogens with zero attached hydrogens (tertiary/aromatic N) is 2. The van der Waals surface area contributed by atoms with Crippen molar-refractivity contribution in [2.45, 2.75) is 18.4 Å². The highest BCUT2D eigenvalue weighted by Gasteiger charge is 2.15. The van der Waals surface area contributed by atoms with Gasteiger partial charge in [0.15, 0.2) is 0 Å². The van der Waals surface area contributed by atoms with Crippen molar-refractivity contribution in [3.8, 4) is 0 Å². The van der Waals surface area contributed by atoms with Crippen molar-refractivity contribution >= 4 is 15.8 Å². The first-order valence-corrected chi connectivity index (χ1v) is 8.16. The summed E-state index contributed by atoms with van der Waals surface area (Å²) >= 11 is 0. The van der Waals surface area contributed by atoms with Crippen molar-refractivity contribution in [1.29, 1.82) is 0 Å². The van der Waals surface area contributed by atoms with Crippen LogP contribution in [-0.2, 0) is 16.6 Å². The second kappa shape index (κ2) is 6.41. The Balaban J connectivity index is 2.16. The number of pyridine rings is 1. The second-order valence-corrected chi connectivity index (χ2v) is 6.92. The van der Waals surface area contributed by atoms with Crippen LogP contribution in [0.15, 0.2) is 41.4 Å². The molecule has 2 rings (SSSR count). The summed E-state index contributed by atoms with van der Waals surface area (Å²) in [5.74, 6) is 0.194. The van der Waals surface area contributed by atoms with Gasteiger partial charge in [-0.05, 0) is 42.3 Å². The predicted octanol–water partition coefficient (Wildman–Crippen LogP) is 2.07. The van der Waals surface area contributed by atoms with Crippen molar-refractivity contribution in [2.75, 3.05) is 19.0 Å². The topological polar surface area (TPSA) is 62.3 Å². The Morgan fingerprint density at radius 1 is 1.23 bits per heavy atom. The molecular weight excluding hydrogens is 305 g/mol. The van der Waals surface area contributed by atoms with Crippen LogP contribution in [0.2, 0.25) is 0 Å². The molecule has 1 aromatic carbocycles. The Kier molecular flexibility index (Phi) is 4.77. The van der Waals surface area contributed by atoms with Gasteiger partial charge in [0.2, 0.25) is 10.0 Å². The molecule has 0 aliphatic carbocycles. The lowest BCUT2D eigenvalue weighted by Gasteiger charge is -2.12. The van der Waals surface area contributed by atoms with Crippen LogP contribution in [0.4, 0.5) is 10.2 Å². The fraction of sp³-hybridized carbons (Fsp3) is 0.267. The number of aryl methyl sites for hydroxylation is 1. The average molecular weight is 323 g/mol. The van der Waals surface area contributed by atoms with E-state index in [1.54, 1.807) is 25.3 Å². The van der Waals surface area contributed by atoms with E-state index in [9.17, 15) is 12.8 Å². The maximum atomic E-state index is 13.5. The summed E-state index contributed by atoms with van der Waals surface area (Å²) in [5, 5.41) is 0. The zero-order chi connectivity index (χ0) is 16.3. The minimum atomic E-state index is -3.75. The number of benzene rings is 1. The van der Waals surface area contributed by atoms with Gasteiger partial charge in [-0.1, -0.05) is 6.07 Å². The van der Waals surface area contributed by atoms with E-state index in [1.807, 2.05) is 19.0 Å². The van der Waals surface area contributed by atoms with Gasteiger partial charge in [-0.15, -0.1) is 0 Å². The molecule has 0 fully saturated rings. The SMILES string of the molecule is Cc1ccc(S(=O)(=O)NCc2ccnc(N(C)C)c2)cc1F. The molecule has 1 aromatic heterocycles. The standard InChI is InChI=1S/C15H18FN3O2S/c1-11-4-5-13(9-14(11)16)22(20,21)18-10-12-6-7-17-15(8-12)19(2)3/h4-9,18H,10H2,1-3H3. The van der Waals surface area contributed by atoms with Gasteiger partial charge in [0.1, 0.15) is 11.6 Å². The highest BCUT2D eigenvalue weighted by Crippen LogP contribution is 2.15. The summed E-state index contributed by atoms with van der Waals surface area (Å²) in [5.41, 5.74) is 1.18. The quantitative estimate of drug-likeness (QED) is 0.915. The van der Waals surface area contributed by atoms with Crippen LogP contribution < -0.4 is 9.62 Å². The fourth-order valence-electron chi connectivity index (χ4n) is 1.82. The largest absolute Gasteiger partial charge is 0.363 e. The zero-order valence-electron chi connectivity index (χ0n) is 12.7. The van der Waals surface area contributed by atoms with Crippen LogP contribution in [0.25, 0.3) is 0 Å². The molecule has 0 spiro atoms. The molecule has 7 heteroatoms. The summed E-state index contributed by atoms with van der Waals surface area (Å²) in [4.78, 5) is 5.90. The van der Waals surface area contributed by atoms with Gasteiger partial charge in [0.25, 0.3) is 0 Å². The number of sulfonamides is 1. The molecule has 0 atom stereocenters. The Hall–Kier alpha value is -1.99. The third-order valence-corrected chi connectivity index (χ3v) is 4.59. The maximum absolute atomic E-state index is 13.5. The Morgan fingerprint density at radius 2 is 1.95 bits per heavy atom. The van der Waals surface area contributed by atoms with Crippen LogP contribution in [0.5, 0.6) is 0 Å². The van der Waals surface area contributed by atoms with Crippen molar-refractivity contribution in [1.82, 2.24) is 9.71 Å². The maximum Gasteiger partial charge on any atom is 0.240 e. The lowest BCUT2D eigenvalue weighted by Crippen LogP contribution is -2.23. The van der Waals surface area contributed by atoms with Gasteiger partial charge >= 0.3 is 0 Å². The molecule has 0 bridgehead atoms. The Bertz CT molecular complexity index is 776. The smallest absolute Gasteiger partial charge is 0.240 e. The molecule has 1 heterocycles. The van der Waals surface area contributed by atoms with Gasteiger partial charge in [0.05, 0.1) is 4.90 Å². The average Bonchev–Trinajstić information content (AvgIpc) is 2.48. The van der Waals surface area contributed by atoms with Gasteiger partial charge in [-0.25, -0.2) is 22.5 Å². The molecule has 0 aliphatic rings. The summed E-state index contributed by atoms with van der Waals surface area (Å²) in [7, 11) is -0.0498. The molecule has 2 aromatic rings. The van der Waals surface area contributed by atoms with E-state index >= 15 is 0 Å². The van der Waals surface area contributed by atoms with Gasteiger partial charge in [-0.2, -0.15) is 0 Å². The lowest BCUT2D eigenvalue weighted by atomic mass is 10.2. The number of hydrogen-bond acceptors (Lipinski definition) is 4. The number of nitrogens with one attached hydrogen (secondary N) is 1. The molecule has 0 aliphatic heterocycles. The van der Waals surface area contributed by atoms with Crippen molar-refractivity contribution < 1.29 is 12.8 Å². The second-order valence-electron chi connectivity index (χ2n) is 5.15. The van der Waals surface area contributed by atoms with E-state index in [0.29, 0.717) is 5.56 Å². The van der Waals surface area contributed by atoms with Crippen molar-refractivity contribution in [3.63, 3.8) is 0 Å². The van der Waals surface area contributed by atoms with Gasteiger partial charge < -0.3 is 4.90 Å². The highest BCUT2D eigenvalue weighted by atomic mass is 32.2. The normalized spacial score (nSPS) is 11.5. The summed E-state index contributed by atoms with van der Waals surface area (Å²) in [6.07, 6.45) is 1.62. The number of hydrogen-bond donors (Lipinski definition) is 1. The number of rotatable bonds is 5. The molecule has 0 radical (unpaired) electrons. The van der Waals surface area contributed by atoms with Crippen molar-refractivity contribution in [2.24, 2.45) is 0 Å². The molecule has 5 nitrogen and oxygen atoms in total. The molecule has 0 amide bonds. The first kappa shape index (κ1) is 16.4. The van der Waals surface area contributed by atoms with Crippen LogP contribution in [0, 0.1) is 12.7 Å². The van der Waals surface area contributed by atoms with E-state index in [1.165, 1.54) is 12.1 Å². The zero-order valence-corrected chi connectivity index (χ0v) is 13.5. The first-order chi connectivity index (χ1) is 10.3. The number of halogens is 1. The molecule has 0 saturated heterocycles. The third kappa shape index (κ3) is 3.80. The number of aromatic nitrogens is 1. The lowest BCUT2D eigenvalue weighted by molar-refractivity contribution is 0.576. The molecular formula is C15H18FN3O2S. The number of anilines is 1. The van der Waals surface area contributed by atoms with Crippen LogP contribution in [0.3, 0.4) is 0 Å². The van der Waals surface area contributed by atoms with Crippen LogP contribution in [0.1, 0.15) is 11.1 Å². The van der Waals surface area contributed by atoms with E-state index < -0.39 is 15.8 Å². The van der Waals surface area contributed by atoms with Gasteiger partial charge in [-0.3, -0.25) is 0 Å². The van der Waals surface area contributed by atoms with Crippen molar-refractivity contribution in [3.05, 3.63) is 53.5 Å². The van der Waals surface area contributed by atoms with Gasteiger partial charge in [0, 0.05) is 26.8 Å². The van der Waals surface area contributed by atoms with E-state index in [0.717, 1.165) is 17.4 Å². The summed E-state index contributed by atoms with van der Waals surface area (Å²) in [6.45, 7) is 1.69. The fourth-order valence-corrected chi connectivity index (χ4v) is 2.85. The van der Waals surface area contributed by atoms with E-state index in [-0.39, 0.29) is 11.4 Å². The van der Waals surface area contributed by atoms with E-state index in [4.69, 9.17) is 0 Å². The predicted molar refractivity (Wildman–Crippen MR) is 83.7 cm³/mol. The summed E-state index contributed by atoms with van der Waals surface area (Å²) in [6, 6.07) is 7.37. The minimum Gasteiger partial charge on any atom is -0.363 e. The third-order valence-electron chi connectivity index (χ3n) is 3.19. The molecule has 118 valence electrons. The van der Waals surface area contributed by atoms with Crippen LogP contribution >= 0.6 is 0 Å². The Labute approximate surface area is 129 Å². The van der Waals surface area contributed by atoms with E-state index in [2.05, 4.69) is 9.71 Å². The minimum absolute atomic E-state index is 0.0857. The summed E-state index contributed by atoms with van der Waals surface area (Å²) < 4.78 is 40.3. The molecule has 0 unspecified atom stereocenters. The highest BCUT2D eigenvalue weighted by molar-refractivity contribution is 7.89.